The average molecular weight is 507 g/mol. The highest BCUT2D eigenvalue weighted by molar-refractivity contribution is 9.08. The second-order valence-corrected chi connectivity index (χ2v) is 7.94. The van der Waals surface area contributed by atoms with Crippen LogP contribution in [0.3, 0.4) is 0 Å². The predicted octanol–water partition coefficient (Wildman–Crippen LogP) is 6.35. The van der Waals surface area contributed by atoms with Gasteiger partial charge in [0, 0.05) is 21.8 Å². The Morgan fingerprint density at radius 1 is 0.727 bits per heavy atom. The minimum atomic E-state index is -0.444. The van der Waals surface area contributed by atoms with Gasteiger partial charge in [0.25, 0.3) is 0 Å². The van der Waals surface area contributed by atoms with Crippen molar-refractivity contribution in [3.63, 3.8) is 0 Å². The molecular weight excluding hydrogens is 487 g/mol. The largest absolute Gasteiger partial charge is 0.496 e. The third kappa shape index (κ3) is 4.26. The number of hydrogen-bond donors (Lipinski definition) is 0. The molecule has 0 saturated carbocycles. The maximum atomic E-state index is 13.7. The molecular formula is C27H20BrFO4. The summed E-state index contributed by atoms with van der Waals surface area (Å²) in [7, 11) is 2.94. The van der Waals surface area contributed by atoms with Gasteiger partial charge in [0.1, 0.15) is 17.3 Å². The van der Waals surface area contributed by atoms with Crippen molar-refractivity contribution in [3.8, 4) is 11.5 Å². The molecule has 0 radical (unpaired) electrons. The van der Waals surface area contributed by atoms with E-state index in [2.05, 4.69) is 15.9 Å². The number of ketones is 2. The number of methoxy groups -OCH3 is 2. The number of carbonyl (C=O) groups excluding carboxylic acids is 2. The third-order valence-electron chi connectivity index (χ3n) is 5.48. The molecule has 0 N–H and O–H groups in total. The number of rotatable bonds is 7. The average Bonchev–Trinajstić information content (AvgIpc) is 2.86. The summed E-state index contributed by atoms with van der Waals surface area (Å²) in [5.41, 5.74) is 2.27. The Balaban J connectivity index is 2.01. The van der Waals surface area contributed by atoms with E-state index in [-0.39, 0.29) is 28.3 Å². The van der Waals surface area contributed by atoms with Gasteiger partial charge in [0.05, 0.1) is 25.3 Å². The Labute approximate surface area is 199 Å². The highest BCUT2D eigenvalue weighted by Crippen LogP contribution is 2.38. The first-order valence-electron chi connectivity index (χ1n) is 10.2. The summed E-state index contributed by atoms with van der Waals surface area (Å²) in [6.07, 6.45) is 0. The Bertz CT molecular complexity index is 1340. The fourth-order valence-electron chi connectivity index (χ4n) is 3.81. The molecule has 0 aliphatic heterocycles. The van der Waals surface area contributed by atoms with Crippen LogP contribution in [0.1, 0.15) is 37.4 Å². The van der Waals surface area contributed by atoms with Crippen molar-refractivity contribution >= 4 is 38.3 Å². The molecule has 4 aromatic rings. The van der Waals surface area contributed by atoms with E-state index in [1.54, 1.807) is 36.4 Å². The van der Waals surface area contributed by atoms with Crippen molar-refractivity contribution in [1.29, 1.82) is 0 Å². The van der Waals surface area contributed by atoms with Crippen LogP contribution in [-0.2, 0) is 5.33 Å². The van der Waals surface area contributed by atoms with Gasteiger partial charge in [0.15, 0.2) is 11.6 Å². The first-order valence-corrected chi connectivity index (χ1v) is 11.3. The highest BCUT2D eigenvalue weighted by Gasteiger charge is 2.26. The standard InChI is InChI=1S/C27H20BrFO4/c1-32-21-13-9-17-10-14-22(33-2)25(27(31)19-7-11-20(29)12-8-19)23(17)24(21)26(30)18-5-3-16(15-28)4-6-18/h3-14H,15H2,1-2H3. The van der Waals surface area contributed by atoms with Gasteiger partial charge in [-0.1, -0.05) is 52.3 Å². The number of fused-ring (bicyclic) bond motifs is 1. The zero-order valence-electron chi connectivity index (χ0n) is 18.0. The van der Waals surface area contributed by atoms with Gasteiger partial charge < -0.3 is 9.47 Å². The molecule has 0 fully saturated rings. The lowest BCUT2D eigenvalue weighted by molar-refractivity contribution is 0.103. The summed E-state index contributed by atoms with van der Waals surface area (Å²) in [4.78, 5) is 27.3. The molecule has 0 aliphatic rings. The van der Waals surface area contributed by atoms with Gasteiger partial charge >= 0.3 is 0 Å². The normalized spacial score (nSPS) is 10.8. The van der Waals surface area contributed by atoms with Gasteiger partial charge in [-0.15, -0.1) is 0 Å². The minimum absolute atomic E-state index is 0.223. The van der Waals surface area contributed by atoms with Crippen LogP contribution in [0.25, 0.3) is 10.8 Å². The number of hydrogen-bond acceptors (Lipinski definition) is 4. The lowest BCUT2D eigenvalue weighted by Crippen LogP contribution is -2.11. The molecule has 33 heavy (non-hydrogen) atoms. The molecule has 6 heteroatoms. The summed E-state index contributed by atoms with van der Waals surface area (Å²) in [6.45, 7) is 0. The van der Waals surface area contributed by atoms with Gasteiger partial charge in [-0.05, 0) is 47.3 Å². The number of benzene rings is 4. The van der Waals surface area contributed by atoms with Crippen molar-refractivity contribution in [3.05, 3.63) is 106 Å². The van der Waals surface area contributed by atoms with Crippen molar-refractivity contribution in [1.82, 2.24) is 0 Å². The first kappa shape index (κ1) is 22.7. The minimum Gasteiger partial charge on any atom is -0.496 e. The number of ether oxygens (including phenoxy) is 2. The van der Waals surface area contributed by atoms with Crippen LogP contribution in [0.4, 0.5) is 4.39 Å². The molecule has 0 spiro atoms. The number of alkyl halides is 1. The molecule has 4 nitrogen and oxygen atoms in total. The van der Waals surface area contributed by atoms with Crippen molar-refractivity contribution in [2.24, 2.45) is 0 Å². The fourth-order valence-corrected chi connectivity index (χ4v) is 4.18. The second kappa shape index (κ2) is 9.55. The molecule has 0 aromatic heterocycles. The Hall–Kier alpha value is -3.51. The van der Waals surface area contributed by atoms with Crippen molar-refractivity contribution < 1.29 is 23.5 Å². The molecule has 0 aliphatic carbocycles. The van der Waals surface area contributed by atoms with E-state index >= 15 is 0 Å². The zero-order chi connectivity index (χ0) is 23.5. The molecule has 0 saturated heterocycles. The van der Waals surface area contributed by atoms with Gasteiger partial charge in [0.2, 0.25) is 0 Å². The number of carbonyl (C=O) groups is 2. The quantitative estimate of drug-likeness (QED) is 0.216. The highest BCUT2D eigenvalue weighted by atomic mass is 79.9. The van der Waals surface area contributed by atoms with E-state index in [4.69, 9.17) is 9.47 Å². The smallest absolute Gasteiger partial charge is 0.197 e. The maximum Gasteiger partial charge on any atom is 0.197 e. The van der Waals surface area contributed by atoms with E-state index in [1.807, 2.05) is 12.1 Å². The molecule has 4 aromatic carbocycles. The van der Waals surface area contributed by atoms with E-state index in [1.165, 1.54) is 38.5 Å². The molecule has 4 rings (SSSR count). The Morgan fingerprint density at radius 3 is 1.61 bits per heavy atom. The summed E-state index contributed by atoms with van der Waals surface area (Å²) in [5, 5.41) is 1.78. The molecule has 0 bridgehead atoms. The van der Waals surface area contributed by atoms with Crippen LogP contribution in [0, 0.1) is 5.82 Å². The van der Waals surface area contributed by atoms with Crippen LogP contribution in [0.2, 0.25) is 0 Å². The number of halogens is 2. The Kier molecular flexibility index (Phi) is 6.56. The summed E-state index contributed by atoms with van der Waals surface area (Å²) >= 11 is 3.41. The third-order valence-corrected chi connectivity index (χ3v) is 6.13. The Morgan fingerprint density at radius 2 is 1.18 bits per heavy atom. The lowest BCUT2D eigenvalue weighted by atomic mass is 9.89. The first-order chi connectivity index (χ1) is 16.0. The van der Waals surface area contributed by atoms with Crippen LogP contribution in [0.5, 0.6) is 11.5 Å². The second-order valence-electron chi connectivity index (χ2n) is 7.38. The fraction of sp³-hybridized carbons (Fsp3) is 0.111. The maximum absolute atomic E-state index is 13.7. The van der Waals surface area contributed by atoms with Gasteiger partial charge in [-0.2, -0.15) is 0 Å². The van der Waals surface area contributed by atoms with E-state index < -0.39 is 5.82 Å². The monoisotopic (exact) mass is 506 g/mol. The van der Waals surface area contributed by atoms with Crippen LogP contribution in [0.15, 0.2) is 72.8 Å². The molecule has 0 amide bonds. The lowest BCUT2D eigenvalue weighted by Gasteiger charge is -2.17. The van der Waals surface area contributed by atoms with E-state index in [9.17, 15) is 14.0 Å². The molecule has 0 unspecified atom stereocenters. The van der Waals surface area contributed by atoms with Gasteiger partial charge in [-0.3, -0.25) is 9.59 Å². The molecule has 166 valence electrons. The van der Waals surface area contributed by atoms with Crippen LogP contribution in [-0.4, -0.2) is 25.8 Å². The van der Waals surface area contributed by atoms with Gasteiger partial charge in [-0.25, -0.2) is 4.39 Å². The summed E-state index contributed by atoms with van der Waals surface area (Å²) in [5.74, 6) is -0.442. The predicted molar refractivity (Wildman–Crippen MR) is 129 cm³/mol. The van der Waals surface area contributed by atoms with Crippen LogP contribution >= 0.6 is 15.9 Å². The molecule has 0 atom stereocenters. The zero-order valence-corrected chi connectivity index (χ0v) is 19.6. The molecule has 0 heterocycles. The summed E-state index contributed by atoms with van der Waals surface area (Å²) < 4.78 is 24.5. The topological polar surface area (TPSA) is 52.6 Å². The van der Waals surface area contributed by atoms with E-state index in [0.717, 1.165) is 5.56 Å². The van der Waals surface area contributed by atoms with E-state index in [0.29, 0.717) is 33.2 Å². The van der Waals surface area contributed by atoms with Crippen molar-refractivity contribution in [2.75, 3.05) is 14.2 Å². The van der Waals surface area contributed by atoms with Crippen LogP contribution < -0.4 is 9.47 Å². The SMILES string of the molecule is COc1ccc2ccc(OC)c(C(=O)c3ccc(CBr)cc3)c2c1C(=O)c1ccc(F)cc1. The summed E-state index contributed by atoms with van der Waals surface area (Å²) in [6, 6.07) is 19.5. The van der Waals surface area contributed by atoms with Crippen molar-refractivity contribution in [2.45, 2.75) is 5.33 Å².